The maximum Gasteiger partial charge on any atom is 0.407 e. The van der Waals surface area contributed by atoms with Gasteiger partial charge in [0, 0.05) is 30.0 Å². The van der Waals surface area contributed by atoms with Crippen LogP contribution in [0.25, 0.3) is 11.1 Å². The van der Waals surface area contributed by atoms with Crippen molar-refractivity contribution in [3.8, 4) is 16.9 Å². The molecule has 0 fully saturated rings. The lowest BCUT2D eigenvalue weighted by molar-refractivity contribution is -0.384. The van der Waals surface area contributed by atoms with Crippen molar-refractivity contribution >= 4 is 17.7 Å². The standard InChI is InChI=1S/C25H22N2O7/c1-33-23-11-10-16(27(31)32)12-15(23)13-22(24(28)29)26-25(30)34-14-21-19-8-4-2-6-17(19)18-7-3-5-9-20(18)21/h2-12,21-22H,13-14H2,1H3,(H,26,30)(H,28,29). The second-order valence-corrected chi connectivity index (χ2v) is 7.82. The Bertz CT molecular complexity index is 1210. The lowest BCUT2D eigenvalue weighted by Gasteiger charge is -2.18. The summed E-state index contributed by atoms with van der Waals surface area (Å²) in [4.78, 5) is 34.8. The molecule has 0 heterocycles. The number of amides is 1. The lowest BCUT2D eigenvalue weighted by atomic mass is 9.98. The van der Waals surface area contributed by atoms with E-state index in [-0.39, 0.29) is 35.9 Å². The summed E-state index contributed by atoms with van der Waals surface area (Å²) >= 11 is 0. The molecule has 9 nitrogen and oxygen atoms in total. The Balaban J connectivity index is 1.46. The molecule has 34 heavy (non-hydrogen) atoms. The second kappa shape index (κ2) is 9.62. The number of hydrogen-bond donors (Lipinski definition) is 2. The molecule has 4 rings (SSSR count). The van der Waals surface area contributed by atoms with E-state index in [9.17, 15) is 24.8 Å². The van der Waals surface area contributed by atoms with Crippen molar-refractivity contribution in [3.05, 3.63) is 93.5 Å². The first-order chi connectivity index (χ1) is 16.4. The number of nitro groups is 1. The van der Waals surface area contributed by atoms with Gasteiger partial charge in [0.05, 0.1) is 12.0 Å². The van der Waals surface area contributed by atoms with Gasteiger partial charge in [-0.1, -0.05) is 48.5 Å². The highest BCUT2D eigenvalue weighted by Crippen LogP contribution is 2.44. The summed E-state index contributed by atoms with van der Waals surface area (Å²) in [5.74, 6) is -1.19. The van der Waals surface area contributed by atoms with Crippen LogP contribution in [0.5, 0.6) is 5.75 Å². The van der Waals surface area contributed by atoms with Gasteiger partial charge in [-0.2, -0.15) is 0 Å². The van der Waals surface area contributed by atoms with E-state index >= 15 is 0 Å². The van der Waals surface area contributed by atoms with Crippen LogP contribution in [0.4, 0.5) is 10.5 Å². The molecule has 3 aromatic carbocycles. The minimum Gasteiger partial charge on any atom is -0.496 e. The molecule has 3 aromatic rings. The molecule has 0 radical (unpaired) electrons. The Morgan fingerprint density at radius 2 is 1.68 bits per heavy atom. The number of alkyl carbamates (subject to hydrolysis) is 1. The number of carboxylic acids is 1. The van der Waals surface area contributed by atoms with Crippen molar-refractivity contribution < 1.29 is 29.1 Å². The number of carbonyl (C=O) groups excluding carboxylic acids is 1. The first-order valence-electron chi connectivity index (χ1n) is 10.5. The predicted octanol–water partition coefficient (Wildman–Crippen LogP) is 4.14. The molecule has 0 saturated heterocycles. The predicted molar refractivity (Wildman–Crippen MR) is 123 cm³/mol. The van der Waals surface area contributed by atoms with E-state index in [0.717, 1.165) is 22.3 Å². The van der Waals surface area contributed by atoms with E-state index < -0.39 is 23.0 Å². The van der Waals surface area contributed by atoms with Crippen LogP contribution in [-0.2, 0) is 16.0 Å². The zero-order valence-corrected chi connectivity index (χ0v) is 18.3. The highest BCUT2D eigenvalue weighted by molar-refractivity contribution is 5.81. The van der Waals surface area contributed by atoms with Gasteiger partial charge >= 0.3 is 12.1 Å². The molecular formula is C25H22N2O7. The number of benzene rings is 3. The summed E-state index contributed by atoms with van der Waals surface area (Å²) in [5, 5.41) is 23.1. The molecule has 0 bridgehead atoms. The van der Waals surface area contributed by atoms with E-state index in [2.05, 4.69) is 5.32 Å². The monoisotopic (exact) mass is 462 g/mol. The van der Waals surface area contributed by atoms with E-state index in [1.165, 1.54) is 25.3 Å². The van der Waals surface area contributed by atoms with Gasteiger partial charge in [-0.3, -0.25) is 10.1 Å². The SMILES string of the molecule is COc1ccc([N+](=O)[O-])cc1CC(NC(=O)OCC1c2ccccc2-c2ccccc21)C(=O)O. The largest absolute Gasteiger partial charge is 0.496 e. The van der Waals surface area contributed by atoms with E-state index in [0.29, 0.717) is 0 Å². The van der Waals surface area contributed by atoms with Crippen molar-refractivity contribution in [2.45, 2.75) is 18.4 Å². The third kappa shape index (κ3) is 4.54. The number of nitrogens with one attached hydrogen (secondary N) is 1. The fourth-order valence-corrected chi connectivity index (χ4v) is 4.24. The molecule has 1 unspecified atom stereocenters. The highest BCUT2D eigenvalue weighted by atomic mass is 16.6. The Labute approximate surface area is 195 Å². The van der Waals surface area contributed by atoms with Crippen LogP contribution in [-0.4, -0.2) is 41.9 Å². The minimum absolute atomic E-state index is 0.0341. The average Bonchev–Trinajstić information content (AvgIpc) is 3.16. The summed E-state index contributed by atoms with van der Waals surface area (Å²) in [7, 11) is 1.37. The number of hydrogen-bond acceptors (Lipinski definition) is 6. The van der Waals surface area contributed by atoms with Gasteiger partial charge in [-0.15, -0.1) is 0 Å². The molecule has 1 amide bonds. The Hall–Kier alpha value is -4.40. The summed E-state index contributed by atoms with van der Waals surface area (Å²) in [6.45, 7) is 0.0341. The van der Waals surface area contributed by atoms with Gasteiger partial charge in [-0.25, -0.2) is 9.59 Å². The number of aliphatic carboxylic acids is 1. The highest BCUT2D eigenvalue weighted by Gasteiger charge is 2.30. The normalized spacial score (nSPS) is 12.9. The molecule has 1 aliphatic carbocycles. The number of nitrogens with zero attached hydrogens (tertiary/aromatic N) is 1. The quantitative estimate of drug-likeness (QED) is 0.380. The molecule has 9 heteroatoms. The van der Waals surface area contributed by atoms with Crippen LogP contribution in [0.1, 0.15) is 22.6 Å². The van der Waals surface area contributed by atoms with Crippen LogP contribution in [0, 0.1) is 10.1 Å². The zero-order chi connectivity index (χ0) is 24.2. The number of carbonyl (C=O) groups is 2. The van der Waals surface area contributed by atoms with Crippen molar-refractivity contribution in [1.82, 2.24) is 5.32 Å². The molecule has 0 saturated carbocycles. The summed E-state index contributed by atoms with van der Waals surface area (Å²) in [6.07, 6.45) is -1.11. The van der Waals surface area contributed by atoms with Gasteiger partial charge in [0.25, 0.3) is 5.69 Å². The minimum atomic E-state index is -1.37. The number of nitro benzene ring substituents is 1. The Morgan fingerprint density at radius 3 is 2.24 bits per heavy atom. The average molecular weight is 462 g/mol. The number of ether oxygens (including phenoxy) is 2. The molecule has 1 aliphatic rings. The fraction of sp³-hybridized carbons (Fsp3) is 0.200. The van der Waals surface area contributed by atoms with Crippen LogP contribution in [0.15, 0.2) is 66.7 Å². The number of methoxy groups -OCH3 is 1. The van der Waals surface area contributed by atoms with E-state index in [1.54, 1.807) is 0 Å². The van der Waals surface area contributed by atoms with Crippen LogP contribution < -0.4 is 10.1 Å². The molecular weight excluding hydrogens is 440 g/mol. The van der Waals surface area contributed by atoms with Gasteiger partial charge in [0.2, 0.25) is 0 Å². The fourth-order valence-electron chi connectivity index (χ4n) is 4.24. The summed E-state index contributed by atoms with van der Waals surface area (Å²) in [5.41, 5.74) is 4.30. The van der Waals surface area contributed by atoms with Crippen molar-refractivity contribution in [3.63, 3.8) is 0 Å². The van der Waals surface area contributed by atoms with Crippen LogP contribution in [0.2, 0.25) is 0 Å². The molecule has 0 spiro atoms. The topological polar surface area (TPSA) is 128 Å². The van der Waals surface area contributed by atoms with Crippen LogP contribution in [0.3, 0.4) is 0 Å². The Kier molecular flexibility index (Phi) is 6.44. The maximum atomic E-state index is 12.5. The molecule has 2 N–H and O–H groups in total. The van der Waals surface area contributed by atoms with Gasteiger partial charge in [-0.05, 0) is 28.3 Å². The molecule has 1 atom stereocenters. The summed E-state index contributed by atoms with van der Waals surface area (Å²) in [6, 6.07) is 18.2. The van der Waals surface area contributed by atoms with Crippen molar-refractivity contribution in [1.29, 1.82) is 0 Å². The number of carboxylic acid groups (broad SMARTS) is 1. The first kappa shape index (κ1) is 22.8. The number of non-ortho nitro benzene ring substituents is 1. The van der Waals surface area contributed by atoms with Gasteiger partial charge < -0.3 is 19.9 Å². The van der Waals surface area contributed by atoms with Gasteiger partial charge in [0.1, 0.15) is 18.4 Å². The number of fused-ring (bicyclic) bond motifs is 3. The van der Waals surface area contributed by atoms with Crippen LogP contribution >= 0.6 is 0 Å². The first-order valence-corrected chi connectivity index (χ1v) is 10.5. The molecule has 0 aromatic heterocycles. The number of rotatable bonds is 8. The van der Waals surface area contributed by atoms with Gasteiger partial charge in [0.15, 0.2) is 0 Å². The molecule has 174 valence electrons. The smallest absolute Gasteiger partial charge is 0.407 e. The zero-order valence-electron chi connectivity index (χ0n) is 18.3. The Morgan fingerprint density at radius 1 is 1.06 bits per heavy atom. The molecule has 0 aliphatic heterocycles. The van der Waals surface area contributed by atoms with Crippen molar-refractivity contribution in [2.24, 2.45) is 0 Å². The third-order valence-corrected chi connectivity index (χ3v) is 5.83. The second-order valence-electron chi connectivity index (χ2n) is 7.82. The van der Waals surface area contributed by atoms with E-state index in [1.807, 2.05) is 48.5 Å². The summed E-state index contributed by atoms with van der Waals surface area (Å²) < 4.78 is 10.6. The third-order valence-electron chi connectivity index (χ3n) is 5.83. The van der Waals surface area contributed by atoms with E-state index in [4.69, 9.17) is 9.47 Å². The lowest BCUT2D eigenvalue weighted by Crippen LogP contribution is -2.43. The maximum absolute atomic E-state index is 12.5. The van der Waals surface area contributed by atoms with Crippen molar-refractivity contribution in [2.75, 3.05) is 13.7 Å².